The van der Waals surface area contributed by atoms with Crippen molar-refractivity contribution in [1.29, 1.82) is 0 Å². The minimum atomic E-state index is -0.964. The van der Waals surface area contributed by atoms with Crippen LogP contribution in [-0.4, -0.2) is 24.3 Å². The van der Waals surface area contributed by atoms with Crippen LogP contribution in [0.4, 0.5) is 0 Å². The van der Waals surface area contributed by atoms with Gasteiger partial charge in [0.25, 0.3) is 0 Å². The predicted molar refractivity (Wildman–Crippen MR) is 53.8 cm³/mol. The number of fused-ring (bicyclic) bond motifs is 1. The van der Waals surface area contributed by atoms with E-state index in [1.54, 1.807) is 12.1 Å². The molecule has 0 saturated heterocycles. The van der Waals surface area contributed by atoms with Gasteiger partial charge >= 0.3 is 5.97 Å². The summed E-state index contributed by atoms with van der Waals surface area (Å²) in [6, 6.07) is 3.10. The summed E-state index contributed by atoms with van der Waals surface area (Å²) in [6.45, 7) is 2.99. The largest absolute Gasteiger partial charge is 0.493 e. The Morgan fingerprint density at radius 1 is 1.60 bits per heavy atom. The molecule has 0 aromatic heterocycles. The first-order valence-electron chi connectivity index (χ1n) is 4.88. The minimum absolute atomic E-state index is 0.208. The Hall–Kier alpha value is -1.71. The number of carboxylic acids is 1. The molecule has 80 valence electrons. The molecule has 0 radical (unpaired) electrons. The fourth-order valence-corrected chi connectivity index (χ4v) is 1.67. The molecule has 1 aliphatic rings. The summed E-state index contributed by atoms with van der Waals surface area (Å²) < 4.78 is 10.7. The van der Waals surface area contributed by atoms with Crippen molar-refractivity contribution >= 4 is 5.97 Å². The third-order valence-corrected chi connectivity index (χ3v) is 2.32. The van der Waals surface area contributed by atoms with E-state index in [1.165, 1.54) is 0 Å². The molecule has 1 N–H and O–H groups in total. The Bertz CT molecular complexity index is 398. The van der Waals surface area contributed by atoms with Gasteiger partial charge in [0.15, 0.2) is 0 Å². The van der Waals surface area contributed by atoms with Crippen LogP contribution in [0.1, 0.15) is 22.8 Å². The van der Waals surface area contributed by atoms with Crippen molar-refractivity contribution in [3.63, 3.8) is 0 Å². The van der Waals surface area contributed by atoms with Gasteiger partial charge in [-0.15, -0.1) is 0 Å². The Morgan fingerprint density at radius 3 is 3.07 bits per heavy atom. The standard InChI is InChI=1S/C11H12O4/c1-2-14-9-5-7(11(12)13)6-10-8(9)3-4-15-10/h5-6H,2-4H2,1H3,(H,12,13). The van der Waals surface area contributed by atoms with E-state index >= 15 is 0 Å². The van der Waals surface area contributed by atoms with Gasteiger partial charge in [0.2, 0.25) is 0 Å². The van der Waals surface area contributed by atoms with E-state index in [1.807, 2.05) is 6.92 Å². The van der Waals surface area contributed by atoms with Crippen LogP contribution in [0.2, 0.25) is 0 Å². The number of aromatic carboxylic acids is 1. The zero-order valence-corrected chi connectivity index (χ0v) is 8.45. The molecule has 0 fully saturated rings. The van der Waals surface area contributed by atoms with Crippen LogP contribution in [0.25, 0.3) is 0 Å². The van der Waals surface area contributed by atoms with E-state index in [4.69, 9.17) is 14.6 Å². The molecule has 1 heterocycles. The molecule has 0 aliphatic carbocycles. The molecule has 2 rings (SSSR count). The van der Waals surface area contributed by atoms with Gasteiger partial charge in [-0.05, 0) is 19.1 Å². The van der Waals surface area contributed by atoms with Gasteiger partial charge in [0.1, 0.15) is 11.5 Å². The van der Waals surface area contributed by atoms with Crippen molar-refractivity contribution in [2.45, 2.75) is 13.3 Å². The average Bonchev–Trinajstić information content (AvgIpc) is 2.65. The SMILES string of the molecule is CCOc1cc(C(=O)O)cc2c1CCO2. The van der Waals surface area contributed by atoms with Gasteiger partial charge in [0.05, 0.1) is 18.8 Å². The number of hydrogen-bond donors (Lipinski definition) is 1. The highest BCUT2D eigenvalue weighted by atomic mass is 16.5. The second kappa shape index (κ2) is 3.81. The van der Waals surface area contributed by atoms with E-state index in [9.17, 15) is 4.79 Å². The van der Waals surface area contributed by atoms with Gasteiger partial charge in [0, 0.05) is 12.0 Å². The average molecular weight is 208 g/mol. The molecular weight excluding hydrogens is 196 g/mol. The fourth-order valence-electron chi connectivity index (χ4n) is 1.67. The summed E-state index contributed by atoms with van der Waals surface area (Å²) in [7, 11) is 0. The molecule has 0 saturated carbocycles. The van der Waals surface area contributed by atoms with Crippen molar-refractivity contribution in [3.8, 4) is 11.5 Å². The van der Waals surface area contributed by atoms with Crippen LogP contribution in [-0.2, 0) is 6.42 Å². The zero-order chi connectivity index (χ0) is 10.8. The number of rotatable bonds is 3. The van der Waals surface area contributed by atoms with Crippen LogP contribution >= 0.6 is 0 Å². The molecule has 4 heteroatoms. The summed E-state index contributed by atoms with van der Waals surface area (Å²) in [4.78, 5) is 10.8. The number of benzene rings is 1. The topological polar surface area (TPSA) is 55.8 Å². The monoisotopic (exact) mass is 208 g/mol. The van der Waals surface area contributed by atoms with Crippen molar-refractivity contribution in [2.75, 3.05) is 13.2 Å². The number of carbonyl (C=O) groups is 1. The summed E-state index contributed by atoms with van der Waals surface area (Å²) in [5.74, 6) is 0.303. The number of carboxylic acid groups (broad SMARTS) is 1. The Labute approximate surface area is 87.4 Å². The van der Waals surface area contributed by atoms with Crippen LogP contribution in [0.3, 0.4) is 0 Å². The maximum atomic E-state index is 10.8. The predicted octanol–water partition coefficient (Wildman–Crippen LogP) is 1.72. The van der Waals surface area contributed by atoms with Crippen LogP contribution in [0.5, 0.6) is 11.5 Å². The second-order valence-electron chi connectivity index (χ2n) is 3.29. The van der Waals surface area contributed by atoms with Crippen LogP contribution in [0, 0.1) is 0 Å². The smallest absolute Gasteiger partial charge is 0.335 e. The van der Waals surface area contributed by atoms with Gasteiger partial charge in [-0.1, -0.05) is 0 Å². The second-order valence-corrected chi connectivity index (χ2v) is 3.29. The molecule has 0 amide bonds. The van der Waals surface area contributed by atoms with Gasteiger partial charge in [-0.2, -0.15) is 0 Å². The molecule has 1 aromatic rings. The van der Waals surface area contributed by atoms with Gasteiger partial charge in [-0.25, -0.2) is 4.79 Å². The van der Waals surface area contributed by atoms with Crippen LogP contribution in [0.15, 0.2) is 12.1 Å². The number of ether oxygens (including phenoxy) is 2. The molecule has 1 aromatic carbocycles. The van der Waals surface area contributed by atoms with Gasteiger partial charge < -0.3 is 14.6 Å². The van der Waals surface area contributed by atoms with Crippen molar-refractivity contribution < 1.29 is 19.4 Å². The lowest BCUT2D eigenvalue weighted by Crippen LogP contribution is -2.00. The summed E-state index contributed by atoms with van der Waals surface area (Å²) in [5, 5.41) is 8.90. The lowest BCUT2D eigenvalue weighted by Gasteiger charge is -2.09. The molecule has 0 bridgehead atoms. The highest BCUT2D eigenvalue weighted by molar-refractivity contribution is 5.89. The Morgan fingerprint density at radius 2 is 2.40 bits per heavy atom. The quantitative estimate of drug-likeness (QED) is 0.821. The summed E-state index contributed by atoms with van der Waals surface area (Å²) >= 11 is 0. The van der Waals surface area contributed by atoms with E-state index in [0.29, 0.717) is 24.7 Å². The van der Waals surface area contributed by atoms with E-state index < -0.39 is 5.97 Å². The lowest BCUT2D eigenvalue weighted by molar-refractivity contribution is 0.0696. The third kappa shape index (κ3) is 1.75. The Balaban J connectivity index is 2.47. The highest BCUT2D eigenvalue weighted by Crippen LogP contribution is 2.35. The fraction of sp³-hybridized carbons (Fsp3) is 0.364. The van der Waals surface area contributed by atoms with Crippen LogP contribution < -0.4 is 9.47 Å². The summed E-state index contributed by atoms with van der Waals surface area (Å²) in [6.07, 6.45) is 0.782. The minimum Gasteiger partial charge on any atom is -0.493 e. The molecule has 4 nitrogen and oxygen atoms in total. The first-order valence-corrected chi connectivity index (χ1v) is 4.88. The Kier molecular flexibility index (Phi) is 2.49. The molecule has 0 spiro atoms. The maximum Gasteiger partial charge on any atom is 0.335 e. The van der Waals surface area contributed by atoms with Crippen molar-refractivity contribution in [1.82, 2.24) is 0 Å². The number of hydrogen-bond acceptors (Lipinski definition) is 3. The first-order chi connectivity index (χ1) is 7.22. The van der Waals surface area contributed by atoms with Gasteiger partial charge in [-0.3, -0.25) is 0 Å². The first kappa shape index (κ1) is 9.83. The lowest BCUT2D eigenvalue weighted by atomic mass is 10.1. The molecule has 0 atom stereocenters. The third-order valence-electron chi connectivity index (χ3n) is 2.32. The summed E-state index contributed by atoms with van der Waals surface area (Å²) in [5.41, 5.74) is 1.18. The van der Waals surface area contributed by atoms with Crippen molar-refractivity contribution in [3.05, 3.63) is 23.3 Å². The molecule has 0 unspecified atom stereocenters. The van der Waals surface area contributed by atoms with E-state index in [0.717, 1.165) is 12.0 Å². The molecular formula is C11H12O4. The van der Waals surface area contributed by atoms with E-state index in [-0.39, 0.29) is 5.56 Å². The highest BCUT2D eigenvalue weighted by Gasteiger charge is 2.20. The van der Waals surface area contributed by atoms with Crippen molar-refractivity contribution in [2.24, 2.45) is 0 Å². The van der Waals surface area contributed by atoms with E-state index in [2.05, 4.69) is 0 Å². The maximum absolute atomic E-state index is 10.8. The zero-order valence-electron chi connectivity index (χ0n) is 8.45. The molecule has 15 heavy (non-hydrogen) atoms. The molecule has 1 aliphatic heterocycles. The normalized spacial score (nSPS) is 13.1.